The van der Waals surface area contributed by atoms with Crippen LogP contribution in [0.1, 0.15) is 25.7 Å². The van der Waals surface area contributed by atoms with E-state index in [-0.39, 0.29) is 0 Å². The molecule has 0 radical (unpaired) electrons. The molecule has 0 aromatic heterocycles. The summed E-state index contributed by atoms with van der Waals surface area (Å²) in [6.07, 6.45) is 4.43. The van der Waals surface area contributed by atoms with Crippen LogP contribution >= 0.6 is 0 Å². The Labute approximate surface area is 81.5 Å². The second-order valence-electron chi connectivity index (χ2n) is 3.79. The highest BCUT2D eigenvalue weighted by molar-refractivity contribution is 5.75. The predicted molar refractivity (Wildman–Crippen MR) is 47.4 cm³/mol. The lowest BCUT2D eigenvalue weighted by Gasteiger charge is -2.14. The number of carbonyl (C=O) groups is 1. The Morgan fingerprint density at radius 2 is 2.00 bits per heavy atom. The highest BCUT2D eigenvalue weighted by Gasteiger charge is 2.38. The molecule has 3 nitrogen and oxygen atoms in total. The number of halogens is 2. The van der Waals surface area contributed by atoms with Gasteiger partial charge in [0.25, 0.3) is 0 Å². The third-order valence-corrected chi connectivity index (χ3v) is 2.57. The van der Waals surface area contributed by atoms with Crippen molar-refractivity contribution in [1.29, 1.82) is 0 Å². The van der Waals surface area contributed by atoms with Crippen LogP contribution < -0.4 is 5.32 Å². The Hall–Kier alpha value is -0.710. The minimum atomic E-state index is -3.64. The fourth-order valence-electron chi connectivity index (χ4n) is 1.72. The standard InChI is InChI=1S/C9H15F2NO2/c10-9(11,8(13)14)6-12-5-7-3-1-2-4-7/h7,12H,1-6H2,(H,13,14). The molecule has 2 N–H and O–H groups in total. The molecule has 14 heavy (non-hydrogen) atoms. The maximum Gasteiger partial charge on any atom is 0.375 e. The van der Waals surface area contributed by atoms with Gasteiger partial charge in [-0.15, -0.1) is 0 Å². The van der Waals surface area contributed by atoms with Gasteiger partial charge in [0, 0.05) is 0 Å². The Morgan fingerprint density at radius 3 is 2.50 bits per heavy atom. The molecule has 1 aliphatic carbocycles. The van der Waals surface area contributed by atoms with E-state index in [1.807, 2.05) is 0 Å². The van der Waals surface area contributed by atoms with Crippen molar-refractivity contribution >= 4 is 5.97 Å². The van der Waals surface area contributed by atoms with Gasteiger partial charge in [0.05, 0.1) is 6.54 Å². The van der Waals surface area contributed by atoms with Gasteiger partial charge in [-0.3, -0.25) is 0 Å². The molecular formula is C9H15F2NO2. The zero-order valence-electron chi connectivity index (χ0n) is 7.93. The van der Waals surface area contributed by atoms with Crippen LogP contribution in [0.25, 0.3) is 0 Å². The van der Waals surface area contributed by atoms with Crippen LogP contribution in [0, 0.1) is 5.92 Å². The third-order valence-electron chi connectivity index (χ3n) is 2.57. The number of carboxylic acid groups (broad SMARTS) is 1. The molecule has 1 saturated carbocycles. The fraction of sp³-hybridized carbons (Fsp3) is 0.889. The van der Waals surface area contributed by atoms with Gasteiger partial charge in [-0.25, -0.2) is 4.79 Å². The number of hydrogen-bond acceptors (Lipinski definition) is 2. The predicted octanol–water partition coefficient (Wildman–Crippen LogP) is 1.49. The summed E-state index contributed by atoms with van der Waals surface area (Å²) < 4.78 is 25.1. The molecule has 0 aliphatic heterocycles. The average molecular weight is 207 g/mol. The van der Waals surface area contributed by atoms with Crippen molar-refractivity contribution < 1.29 is 18.7 Å². The molecule has 0 atom stereocenters. The molecule has 0 amide bonds. The van der Waals surface area contributed by atoms with E-state index in [1.54, 1.807) is 0 Å². The van der Waals surface area contributed by atoms with E-state index < -0.39 is 18.4 Å². The van der Waals surface area contributed by atoms with E-state index in [9.17, 15) is 13.6 Å². The first-order chi connectivity index (χ1) is 6.52. The normalized spacial score (nSPS) is 18.7. The van der Waals surface area contributed by atoms with Crippen molar-refractivity contribution in [3.8, 4) is 0 Å². The van der Waals surface area contributed by atoms with Crippen molar-refractivity contribution in [1.82, 2.24) is 5.32 Å². The van der Waals surface area contributed by atoms with Crippen LogP contribution in [-0.4, -0.2) is 30.1 Å². The van der Waals surface area contributed by atoms with Gasteiger partial charge in [0.15, 0.2) is 0 Å². The first-order valence-corrected chi connectivity index (χ1v) is 4.84. The number of carboxylic acids is 1. The molecule has 0 aromatic carbocycles. The number of hydrogen-bond donors (Lipinski definition) is 2. The molecule has 0 unspecified atom stereocenters. The van der Waals surface area contributed by atoms with Crippen LogP contribution in [0.15, 0.2) is 0 Å². The van der Waals surface area contributed by atoms with E-state index in [4.69, 9.17) is 5.11 Å². The maximum atomic E-state index is 12.6. The van der Waals surface area contributed by atoms with Crippen LogP contribution in [0.3, 0.4) is 0 Å². The molecule has 0 spiro atoms. The lowest BCUT2D eigenvalue weighted by molar-refractivity contribution is -0.164. The van der Waals surface area contributed by atoms with E-state index in [0.29, 0.717) is 12.5 Å². The molecule has 0 aromatic rings. The molecule has 1 rings (SSSR count). The smallest absolute Gasteiger partial charge is 0.375 e. The van der Waals surface area contributed by atoms with Crippen LogP contribution in [0.4, 0.5) is 8.78 Å². The molecular weight excluding hydrogens is 192 g/mol. The zero-order chi connectivity index (χ0) is 10.6. The van der Waals surface area contributed by atoms with Gasteiger partial charge in [-0.1, -0.05) is 12.8 Å². The van der Waals surface area contributed by atoms with Crippen molar-refractivity contribution in [2.24, 2.45) is 5.92 Å². The van der Waals surface area contributed by atoms with Gasteiger partial charge in [-0.2, -0.15) is 8.78 Å². The highest BCUT2D eigenvalue weighted by atomic mass is 19.3. The van der Waals surface area contributed by atoms with Crippen LogP contribution in [-0.2, 0) is 4.79 Å². The Morgan fingerprint density at radius 1 is 1.43 bits per heavy atom. The molecule has 0 saturated heterocycles. The molecule has 82 valence electrons. The molecule has 0 heterocycles. The zero-order valence-corrected chi connectivity index (χ0v) is 7.93. The molecule has 0 bridgehead atoms. The van der Waals surface area contributed by atoms with Crippen molar-refractivity contribution in [2.75, 3.05) is 13.1 Å². The van der Waals surface area contributed by atoms with Gasteiger partial charge in [0.1, 0.15) is 0 Å². The molecule has 5 heteroatoms. The quantitative estimate of drug-likeness (QED) is 0.718. The highest BCUT2D eigenvalue weighted by Crippen LogP contribution is 2.24. The number of rotatable bonds is 5. The number of alkyl halides is 2. The van der Waals surface area contributed by atoms with E-state index in [0.717, 1.165) is 25.7 Å². The summed E-state index contributed by atoms with van der Waals surface area (Å²) in [7, 11) is 0. The van der Waals surface area contributed by atoms with Gasteiger partial charge >= 0.3 is 11.9 Å². The maximum absolute atomic E-state index is 12.6. The lowest BCUT2D eigenvalue weighted by atomic mass is 10.1. The summed E-state index contributed by atoms with van der Waals surface area (Å²) >= 11 is 0. The first-order valence-electron chi connectivity index (χ1n) is 4.84. The third kappa shape index (κ3) is 3.21. The van der Waals surface area contributed by atoms with Crippen molar-refractivity contribution in [2.45, 2.75) is 31.6 Å². The van der Waals surface area contributed by atoms with Gasteiger partial charge in [-0.05, 0) is 25.3 Å². The first kappa shape index (κ1) is 11.4. The summed E-state index contributed by atoms with van der Waals surface area (Å²) in [5.41, 5.74) is 0. The molecule has 1 aliphatic rings. The van der Waals surface area contributed by atoms with Crippen molar-refractivity contribution in [3.63, 3.8) is 0 Å². The summed E-state index contributed by atoms with van der Waals surface area (Å²) in [4.78, 5) is 10.1. The van der Waals surface area contributed by atoms with Crippen LogP contribution in [0.5, 0.6) is 0 Å². The minimum absolute atomic E-state index is 0.444. The Bertz CT molecular complexity index is 203. The second kappa shape index (κ2) is 4.68. The number of aliphatic carboxylic acids is 1. The summed E-state index contributed by atoms with van der Waals surface area (Å²) in [6, 6.07) is 0. The monoisotopic (exact) mass is 207 g/mol. The van der Waals surface area contributed by atoms with Crippen LogP contribution in [0.2, 0.25) is 0 Å². The lowest BCUT2D eigenvalue weighted by Crippen LogP contribution is -2.41. The summed E-state index contributed by atoms with van der Waals surface area (Å²) in [5, 5.41) is 10.7. The van der Waals surface area contributed by atoms with Gasteiger partial charge in [0.2, 0.25) is 0 Å². The van der Waals surface area contributed by atoms with E-state index in [1.165, 1.54) is 0 Å². The van der Waals surface area contributed by atoms with Crippen molar-refractivity contribution in [3.05, 3.63) is 0 Å². The SMILES string of the molecule is O=C(O)C(F)(F)CNCC1CCCC1. The summed E-state index contributed by atoms with van der Waals surface area (Å²) in [6.45, 7) is -0.262. The second-order valence-corrected chi connectivity index (χ2v) is 3.79. The van der Waals surface area contributed by atoms with Gasteiger partial charge < -0.3 is 10.4 Å². The summed E-state index contributed by atoms with van der Waals surface area (Å²) in [5.74, 6) is -5.26. The van der Waals surface area contributed by atoms with E-state index in [2.05, 4.69) is 5.32 Å². The molecule has 1 fully saturated rings. The van der Waals surface area contributed by atoms with E-state index >= 15 is 0 Å². The largest absolute Gasteiger partial charge is 0.477 e. The Kier molecular flexibility index (Phi) is 3.80. The number of nitrogens with one attached hydrogen (secondary N) is 1. The topological polar surface area (TPSA) is 49.3 Å². The fourth-order valence-corrected chi connectivity index (χ4v) is 1.72. The average Bonchev–Trinajstić information content (AvgIpc) is 2.56. The minimum Gasteiger partial charge on any atom is -0.477 e. The Balaban J connectivity index is 2.16.